The van der Waals surface area contributed by atoms with Gasteiger partial charge >= 0.3 is 6.09 Å². The van der Waals surface area contributed by atoms with Gasteiger partial charge in [-0.15, -0.1) is 0 Å². The summed E-state index contributed by atoms with van der Waals surface area (Å²) in [6, 6.07) is 8.22. The molecule has 5 nitrogen and oxygen atoms in total. The molecule has 0 spiro atoms. The zero-order chi connectivity index (χ0) is 15.1. The van der Waals surface area contributed by atoms with Crippen LogP contribution in [0.1, 0.15) is 39.5 Å². The molecule has 1 amide bonds. The Labute approximate surface area is 126 Å². The maximum absolute atomic E-state index is 11.9. The Morgan fingerprint density at radius 1 is 1.29 bits per heavy atom. The second-order valence-electron chi connectivity index (χ2n) is 5.09. The summed E-state index contributed by atoms with van der Waals surface area (Å²) < 4.78 is 5.03. The second kappa shape index (κ2) is 7.88. The third kappa shape index (κ3) is 4.36. The van der Waals surface area contributed by atoms with E-state index in [9.17, 15) is 4.79 Å². The zero-order valence-corrected chi connectivity index (χ0v) is 12.8. The fourth-order valence-electron chi connectivity index (χ4n) is 2.57. The first-order chi connectivity index (χ1) is 10.2. The van der Waals surface area contributed by atoms with E-state index >= 15 is 0 Å². The zero-order valence-electron chi connectivity index (χ0n) is 12.8. The molecule has 0 saturated heterocycles. The Morgan fingerprint density at radius 2 is 2.05 bits per heavy atom. The van der Waals surface area contributed by atoms with Gasteiger partial charge in [0.15, 0.2) is 0 Å². The number of hydrogen-bond donors (Lipinski definition) is 1. The molecule has 1 aliphatic carbocycles. The van der Waals surface area contributed by atoms with Crippen LogP contribution in [0.2, 0.25) is 0 Å². The molecular formula is C16H24N2O3. The summed E-state index contributed by atoms with van der Waals surface area (Å²) in [6.45, 7) is 4.34. The second-order valence-corrected chi connectivity index (χ2v) is 5.09. The molecule has 1 aromatic carbocycles. The number of nitrogens with zero attached hydrogens (tertiary/aromatic N) is 1. The molecule has 1 fully saturated rings. The largest absolute Gasteiger partial charge is 0.448 e. The van der Waals surface area contributed by atoms with Crippen molar-refractivity contribution in [2.45, 2.75) is 45.6 Å². The number of amides is 1. The maximum atomic E-state index is 11.9. The number of ether oxygens (including phenoxy) is 1. The number of anilines is 2. The molecule has 0 bridgehead atoms. The Kier molecular flexibility index (Phi) is 5.87. The van der Waals surface area contributed by atoms with Crippen LogP contribution < -0.4 is 10.4 Å². The molecule has 0 radical (unpaired) electrons. The highest BCUT2D eigenvalue weighted by Crippen LogP contribution is 2.25. The van der Waals surface area contributed by atoms with Gasteiger partial charge in [-0.25, -0.2) is 4.79 Å². The molecule has 1 saturated carbocycles. The fraction of sp³-hybridized carbons (Fsp3) is 0.562. The van der Waals surface area contributed by atoms with Crippen molar-refractivity contribution in [2.24, 2.45) is 0 Å². The van der Waals surface area contributed by atoms with Crippen molar-refractivity contribution in [3.05, 3.63) is 24.3 Å². The van der Waals surface area contributed by atoms with Crippen molar-refractivity contribution in [2.75, 3.05) is 23.6 Å². The van der Waals surface area contributed by atoms with E-state index in [2.05, 4.69) is 5.32 Å². The smallest absolute Gasteiger partial charge is 0.438 e. The first kappa shape index (κ1) is 15.6. The van der Waals surface area contributed by atoms with E-state index in [4.69, 9.17) is 9.57 Å². The topological polar surface area (TPSA) is 50.8 Å². The minimum absolute atomic E-state index is 0.322. The molecule has 0 aliphatic heterocycles. The van der Waals surface area contributed by atoms with Crippen molar-refractivity contribution < 1.29 is 14.4 Å². The van der Waals surface area contributed by atoms with Gasteiger partial charge < -0.3 is 10.1 Å². The molecule has 0 aromatic heterocycles. The molecule has 2 rings (SSSR count). The molecule has 1 aliphatic rings. The molecule has 21 heavy (non-hydrogen) atoms. The summed E-state index contributed by atoms with van der Waals surface area (Å²) in [7, 11) is 0. The van der Waals surface area contributed by atoms with Gasteiger partial charge in [0.05, 0.1) is 18.9 Å². The van der Waals surface area contributed by atoms with Gasteiger partial charge in [0.1, 0.15) is 0 Å². The predicted molar refractivity (Wildman–Crippen MR) is 83.4 cm³/mol. The van der Waals surface area contributed by atoms with Gasteiger partial charge in [0, 0.05) is 11.7 Å². The van der Waals surface area contributed by atoms with Crippen molar-refractivity contribution in [1.29, 1.82) is 0 Å². The van der Waals surface area contributed by atoms with Crippen LogP contribution in [-0.2, 0) is 9.57 Å². The van der Waals surface area contributed by atoms with Crippen molar-refractivity contribution in [1.82, 2.24) is 0 Å². The third-order valence-electron chi connectivity index (χ3n) is 3.50. The summed E-state index contributed by atoms with van der Waals surface area (Å²) >= 11 is 0. The molecule has 5 heteroatoms. The Bertz CT molecular complexity index is 459. The summed E-state index contributed by atoms with van der Waals surface area (Å²) in [4.78, 5) is 17.3. The fourth-order valence-corrected chi connectivity index (χ4v) is 2.57. The number of rotatable bonds is 6. The maximum Gasteiger partial charge on any atom is 0.438 e. The number of benzene rings is 1. The molecule has 0 atom stereocenters. The summed E-state index contributed by atoms with van der Waals surface area (Å²) in [5.74, 6) is 0. The lowest BCUT2D eigenvalue weighted by Gasteiger charge is -2.21. The van der Waals surface area contributed by atoms with Crippen molar-refractivity contribution in [3.63, 3.8) is 0 Å². The Hall–Kier alpha value is -1.75. The quantitative estimate of drug-likeness (QED) is 0.806. The van der Waals surface area contributed by atoms with Crippen LogP contribution in [0.25, 0.3) is 0 Å². The van der Waals surface area contributed by atoms with Gasteiger partial charge in [-0.05, 0) is 44.9 Å². The Balaban J connectivity index is 2.10. The van der Waals surface area contributed by atoms with Gasteiger partial charge in [0.25, 0.3) is 0 Å². The van der Waals surface area contributed by atoms with Crippen molar-refractivity contribution in [3.8, 4) is 0 Å². The number of carbonyl (C=O) groups excluding carboxylic acids is 1. The minimum Gasteiger partial charge on any atom is -0.448 e. The number of hydroxylamine groups is 1. The van der Waals surface area contributed by atoms with Gasteiger partial charge in [-0.3, -0.25) is 4.84 Å². The lowest BCUT2D eigenvalue weighted by Crippen LogP contribution is -2.31. The van der Waals surface area contributed by atoms with E-state index in [0.29, 0.717) is 24.9 Å². The highest BCUT2D eigenvalue weighted by atomic mass is 16.7. The summed E-state index contributed by atoms with van der Waals surface area (Å²) in [6.07, 6.45) is 4.49. The SMILES string of the molecule is CCOC(=O)N(OCC)c1cccc(NC2CCCC2)c1. The minimum atomic E-state index is -0.489. The molecule has 0 unspecified atom stereocenters. The van der Waals surface area contributed by atoms with Crippen LogP contribution >= 0.6 is 0 Å². The first-order valence-electron chi connectivity index (χ1n) is 7.71. The lowest BCUT2D eigenvalue weighted by atomic mass is 10.2. The lowest BCUT2D eigenvalue weighted by molar-refractivity contribution is 0.0835. The van der Waals surface area contributed by atoms with Crippen LogP contribution in [-0.4, -0.2) is 25.3 Å². The van der Waals surface area contributed by atoms with Crippen molar-refractivity contribution >= 4 is 17.5 Å². The van der Waals surface area contributed by atoms with E-state index < -0.39 is 6.09 Å². The van der Waals surface area contributed by atoms with E-state index in [1.54, 1.807) is 6.92 Å². The van der Waals surface area contributed by atoms with E-state index in [0.717, 1.165) is 5.69 Å². The monoisotopic (exact) mass is 292 g/mol. The highest BCUT2D eigenvalue weighted by molar-refractivity contribution is 5.86. The van der Waals surface area contributed by atoms with E-state index in [1.807, 2.05) is 31.2 Å². The van der Waals surface area contributed by atoms with Crippen LogP contribution in [0.3, 0.4) is 0 Å². The number of nitrogens with one attached hydrogen (secondary N) is 1. The summed E-state index contributed by atoms with van der Waals surface area (Å²) in [5, 5.41) is 4.73. The van der Waals surface area contributed by atoms with Gasteiger partial charge in [-0.2, -0.15) is 5.06 Å². The molecule has 1 aromatic rings. The highest BCUT2D eigenvalue weighted by Gasteiger charge is 2.19. The van der Waals surface area contributed by atoms with Crippen LogP contribution in [0.5, 0.6) is 0 Å². The van der Waals surface area contributed by atoms with Gasteiger partial charge in [-0.1, -0.05) is 18.9 Å². The predicted octanol–water partition coefficient (Wildman–Crippen LogP) is 3.96. The van der Waals surface area contributed by atoms with E-state index in [1.165, 1.54) is 30.7 Å². The summed E-state index contributed by atoms with van der Waals surface area (Å²) in [5.41, 5.74) is 1.69. The standard InChI is InChI=1S/C16H24N2O3/c1-3-20-16(19)18(21-4-2)15-11-7-10-14(12-15)17-13-8-5-6-9-13/h7,10-13,17H,3-6,8-9H2,1-2H3. The van der Waals surface area contributed by atoms with Crippen LogP contribution in [0.4, 0.5) is 16.2 Å². The molecule has 1 N–H and O–H groups in total. The Morgan fingerprint density at radius 3 is 2.71 bits per heavy atom. The third-order valence-corrected chi connectivity index (χ3v) is 3.50. The van der Waals surface area contributed by atoms with Crippen LogP contribution in [0.15, 0.2) is 24.3 Å². The normalized spacial score (nSPS) is 15.0. The first-order valence-corrected chi connectivity index (χ1v) is 7.71. The van der Waals surface area contributed by atoms with Crippen LogP contribution in [0, 0.1) is 0 Å². The van der Waals surface area contributed by atoms with E-state index in [-0.39, 0.29) is 0 Å². The average Bonchev–Trinajstić information content (AvgIpc) is 2.98. The molecule has 0 heterocycles. The molecular weight excluding hydrogens is 268 g/mol. The van der Waals surface area contributed by atoms with Gasteiger partial charge in [0.2, 0.25) is 0 Å². The number of hydrogen-bond acceptors (Lipinski definition) is 4. The average molecular weight is 292 g/mol. The molecule has 116 valence electrons. The number of carbonyl (C=O) groups is 1.